The smallest absolute Gasteiger partial charge is 0.306 e. The van der Waals surface area contributed by atoms with Crippen LogP contribution >= 0.6 is 7.82 Å². The molecule has 0 N–H and O–H groups in total. The highest BCUT2D eigenvalue weighted by atomic mass is 31.2. The summed E-state index contributed by atoms with van der Waals surface area (Å²) in [5.41, 5.74) is 0. The molecule has 9 heteroatoms. The minimum atomic E-state index is -4.53. The Balaban J connectivity index is 4.07. The van der Waals surface area contributed by atoms with E-state index in [0.29, 0.717) is 24.1 Å². The monoisotopic (exact) mass is 964 g/mol. The number of quaternary nitrogens is 1. The fraction of sp³-hybridized carbons (Fsp3) is 0.845. The molecule has 67 heavy (non-hydrogen) atoms. The first kappa shape index (κ1) is 65.5. The molecule has 0 bridgehead atoms. The Morgan fingerprint density at radius 2 is 0.866 bits per heavy atom. The van der Waals surface area contributed by atoms with E-state index in [2.05, 4.69) is 62.5 Å². The van der Waals surface area contributed by atoms with Crippen LogP contribution in [0.1, 0.15) is 258 Å². The van der Waals surface area contributed by atoms with Crippen molar-refractivity contribution in [3.63, 3.8) is 0 Å². The van der Waals surface area contributed by atoms with Gasteiger partial charge in [-0.2, -0.15) is 0 Å². The topological polar surface area (TPSA) is 94.1 Å². The Kier molecular flexibility index (Phi) is 49.7. The van der Waals surface area contributed by atoms with Gasteiger partial charge in [-0.05, 0) is 51.4 Å². The summed E-state index contributed by atoms with van der Waals surface area (Å²) in [6.07, 6.45) is 64.3. The summed E-state index contributed by atoms with van der Waals surface area (Å²) in [5, 5.41) is 0. The summed E-state index contributed by atoms with van der Waals surface area (Å²) in [7, 11) is 1.36. The van der Waals surface area contributed by atoms with E-state index in [0.717, 1.165) is 57.8 Å². The van der Waals surface area contributed by atoms with E-state index in [1.165, 1.54) is 180 Å². The van der Waals surface area contributed by atoms with Crippen LogP contribution in [0.5, 0.6) is 0 Å². The first-order valence-corrected chi connectivity index (χ1v) is 29.8. The number of unbranched alkanes of at least 4 members (excludes halogenated alkanes) is 31. The number of hydrogen-bond acceptors (Lipinski definition) is 7. The molecule has 0 rings (SSSR count). The highest BCUT2D eigenvalue weighted by Crippen LogP contribution is 2.38. The Morgan fingerprint density at radius 1 is 0.478 bits per heavy atom. The van der Waals surface area contributed by atoms with E-state index < -0.39 is 13.9 Å². The zero-order valence-electron chi connectivity index (χ0n) is 44.9. The molecule has 8 nitrogen and oxygen atoms in total. The molecule has 0 aromatic carbocycles. The number of nitrogens with zero attached hydrogens (tertiary/aromatic N) is 1. The van der Waals surface area contributed by atoms with Gasteiger partial charge in [0.25, 0.3) is 7.82 Å². The number of carbonyl (C=O) groups excluding carboxylic acids is 1. The largest absolute Gasteiger partial charge is 0.756 e. The van der Waals surface area contributed by atoms with E-state index >= 15 is 0 Å². The molecule has 0 amide bonds. The summed E-state index contributed by atoms with van der Waals surface area (Å²) in [5.74, 6) is -0.335. The number of hydrogen-bond donors (Lipinski definition) is 0. The standard InChI is InChI=1S/C58H110NO7P/c1-6-8-10-12-14-16-18-20-22-24-26-28-30-31-33-35-37-39-41-43-45-47-49-51-58(60)66-57(56-65-67(61,62)64-54-52-59(3,4)5)55-63-53-50-48-46-44-42-40-38-36-34-32-29-27-25-23-21-19-17-15-13-11-9-7-2/h8,10,14,16,20,22,26,28,57H,6-7,9,11-13,15,17-19,21,23-25,27,29-56H2,1-5H3/b10-8-,16-14-,22-20-,28-26-. The van der Waals surface area contributed by atoms with Crippen molar-refractivity contribution in [1.82, 2.24) is 0 Å². The predicted molar refractivity (Wildman–Crippen MR) is 286 cm³/mol. The maximum absolute atomic E-state index is 12.8. The van der Waals surface area contributed by atoms with Crippen LogP contribution in [-0.2, 0) is 27.9 Å². The third-order valence-corrected chi connectivity index (χ3v) is 13.4. The van der Waals surface area contributed by atoms with Crippen LogP contribution in [0.2, 0.25) is 0 Å². The first-order chi connectivity index (χ1) is 32.6. The lowest BCUT2D eigenvalue weighted by Gasteiger charge is -2.28. The van der Waals surface area contributed by atoms with Crippen LogP contribution in [0.3, 0.4) is 0 Å². The van der Waals surface area contributed by atoms with Gasteiger partial charge in [0, 0.05) is 13.0 Å². The molecular formula is C58H110NO7P. The SMILES string of the molecule is CC/C=C\C/C=C\C/C=C\C/C=C\CCCCCCCCCCCCC(=O)OC(COCCCCCCCCCCCCCCCCCCCCCCCC)COP(=O)([O-])OCC[N+](C)(C)C. The quantitative estimate of drug-likeness (QED) is 0.0197. The second kappa shape index (κ2) is 50.8. The molecule has 0 radical (unpaired) electrons. The molecule has 0 saturated heterocycles. The van der Waals surface area contributed by atoms with E-state index in [1.54, 1.807) is 0 Å². The van der Waals surface area contributed by atoms with Gasteiger partial charge in [0.05, 0.1) is 34.4 Å². The van der Waals surface area contributed by atoms with Crippen molar-refractivity contribution in [2.24, 2.45) is 0 Å². The Bertz CT molecular complexity index is 1210. The molecule has 0 aliphatic heterocycles. The Labute approximate surface area is 416 Å². The van der Waals surface area contributed by atoms with Crippen LogP contribution < -0.4 is 4.89 Å². The molecular weight excluding hydrogens is 854 g/mol. The van der Waals surface area contributed by atoms with Crippen LogP contribution in [-0.4, -0.2) is 70.7 Å². The van der Waals surface area contributed by atoms with E-state index in [-0.39, 0.29) is 25.8 Å². The first-order valence-electron chi connectivity index (χ1n) is 28.4. The van der Waals surface area contributed by atoms with Crippen molar-refractivity contribution in [2.45, 2.75) is 264 Å². The Hall–Kier alpha value is -1.54. The minimum Gasteiger partial charge on any atom is -0.756 e. The van der Waals surface area contributed by atoms with Gasteiger partial charge in [-0.1, -0.05) is 249 Å². The highest BCUT2D eigenvalue weighted by Gasteiger charge is 2.20. The van der Waals surface area contributed by atoms with Gasteiger partial charge < -0.3 is 27.9 Å². The highest BCUT2D eigenvalue weighted by molar-refractivity contribution is 7.45. The number of rotatable bonds is 53. The molecule has 394 valence electrons. The zero-order chi connectivity index (χ0) is 49.0. The van der Waals surface area contributed by atoms with Gasteiger partial charge in [0.1, 0.15) is 19.3 Å². The number of allylic oxidation sites excluding steroid dienone is 8. The van der Waals surface area contributed by atoms with E-state index in [1.807, 2.05) is 21.1 Å². The van der Waals surface area contributed by atoms with Crippen molar-refractivity contribution in [1.29, 1.82) is 0 Å². The summed E-state index contributed by atoms with van der Waals surface area (Å²) in [4.78, 5) is 25.3. The molecule has 0 spiro atoms. The number of ether oxygens (including phenoxy) is 2. The lowest BCUT2D eigenvalue weighted by atomic mass is 10.0. The third-order valence-electron chi connectivity index (χ3n) is 12.4. The maximum atomic E-state index is 12.8. The van der Waals surface area contributed by atoms with E-state index in [4.69, 9.17) is 18.5 Å². The van der Waals surface area contributed by atoms with Crippen molar-refractivity contribution in [3.8, 4) is 0 Å². The van der Waals surface area contributed by atoms with Gasteiger partial charge in [0.2, 0.25) is 0 Å². The molecule has 0 aromatic rings. The number of esters is 1. The van der Waals surface area contributed by atoms with Crippen molar-refractivity contribution < 1.29 is 37.3 Å². The summed E-state index contributed by atoms with van der Waals surface area (Å²) in [6, 6.07) is 0. The van der Waals surface area contributed by atoms with Gasteiger partial charge in [-0.3, -0.25) is 9.36 Å². The third kappa shape index (κ3) is 55.3. The van der Waals surface area contributed by atoms with Crippen molar-refractivity contribution in [2.75, 3.05) is 54.1 Å². The van der Waals surface area contributed by atoms with Crippen molar-refractivity contribution >= 4 is 13.8 Å². The summed E-state index contributed by atoms with van der Waals surface area (Å²) in [6.45, 7) is 5.35. The van der Waals surface area contributed by atoms with Crippen LogP contribution in [0.15, 0.2) is 48.6 Å². The minimum absolute atomic E-state index is 0.0258. The molecule has 0 aliphatic carbocycles. The number of carbonyl (C=O) groups is 1. The van der Waals surface area contributed by atoms with Gasteiger partial charge in [0.15, 0.2) is 0 Å². The maximum Gasteiger partial charge on any atom is 0.306 e. The molecule has 2 unspecified atom stereocenters. The zero-order valence-corrected chi connectivity index (χ0v) is 45.7. The number of phosphoric acid groups is 1. The lowest BCUT2D eigenvalue weighted by Crippen LogP contribution is -2.37. The Morgan fingerprint density at radius 3 is 1.30 bits per heavy atom. The molecule has 0 heterocycles. The van der Waals surface area contributed by atoms with Crippen molar-refractivity contribution in [3.05, 3.63) is 48.6 Å². The fourth-order valence-electron chi connectivity index (χ4n) is 8.07. The average molecular weight is 964 g/mol. The molecule has 0 fully saturated rings. The summed E-state index contributed by atoms with van der Waals surface area (Å²) >= 11 is 0. The van der Waals surface area contributed by atoms with Gasteiger partial charge in [-0.15, -0.1) is 0 Å². The van der Waals surface area contributed by atoms with Crippen LogP contribution in [0.4, 0.5) is 0 Å². The number of likely N-dealkylation sites (N-methyl/N-ethyl adjacent to an activating group) is 1. The predicted octanol–water partition coefficient (Wildman–Crippen LogP) is 17.2. The van der Waals surface area contributed by atoms with E-state index in [9.17, 15) is 14.3 Å². The van der Waals surface area contributed by atoms with Gasteiger partial charge in [-0.25, -0.2) is 0 Å². The summed E-state index contributed by atoms with van der Waals surface area (Å²) < 4.78 is 34.9. The second-order valence-electron chi connectivity index (χ2n) is 20.3. The normalized spacial score (nSPS) is 13.8. The molecule has 0 aliphatic rings. The number of phosphoric ester groups is 1. The van der Waals surface area contributed by atoms with Gasteiger partial charge >= 0.3 is 5.97 Å². The fourth-order valence-corrected chi connectivity index (χ4v) is 8.80. The average Bonchev–Trinajstić information content (AvgIpc) is 3.29. The second-order valence-corrected chi connectivity index (χ2v) is 21.7. The molecule has 0 saturated carbocycles. The molecule has 0 aromatic heterocycles. The van der Waals surface area contributed by atoms with Crippen LogP contribution in [0.25, 0.3) is 0 Å². The lowest BCUT2D eigenvalue weighted by molar-refractivity contribution is -0.870. The molecule has 2 atom stereocenters. The van der Waals surface area contributed by atoms with Crippen LogP contribution in [0, 0.1) is 0 Å².